The first kappa shape index (κ1) is 60.5. The van der Waals surface area contributed by atoms with Crippen molar-refractivity contribution in [2.24, 2.45) is 105 Å². The molecule has 0 aromatic heterocycles. The second-order valence-corrected chi connectivity index (χ2v) is 24.4. The molecule has 0 aromatic rings. The summed E-state index contributed by atoms with van der Waals surface area (Å²) in [6.45, 7) is 18.9. The zero-order valence-electron chi connectivity index (χ0n) is 44.9. The van der Waals surface area contributed by atoms with Gasteiger partial charge in [0, 0.05) is 75.2 Å². The van der Waals surface area contributed by atoms with E-state index in [0.717, 1.165) is 77.7 Å². The van der Waals surface area contributed by atoms with E-state index in [0.29, 0.717) is 56.3 Å². The van der Waals surface area contributed by atoms with Gasteiger partial charge >= 0.3 is 47.5 Å². The minimum Gasteiger partial charge on any atom is -0.870 e. The van der Waals surface area contributed by atoms with Crippen molar-refractivity contribution < 1.29 is 93.4 Å². The number of hydrogen-bond donors (Lipinski definition) is 3. The summed E-state index contributed by atoms with van der Waals surface area (Å²) < 4.78 is 10.4. The van der Waals surface area contributed by atoms with Gasteiger partial charge in [-0.05, 0) is 159 Å². The van der Waals surface area contributed by atoms with Gasteiger partial charge in [0.15, 0.2) is 0 Å². The van der Waals surface area contributed by atoms with Crippen LogP contribution in [0.2, 0.25) is 0 Å². The molecule has 392 valence electrons. The second-order valence-electron chi connectivity index (χ2n) is 24.4. The van der Waals surface area contributed by atoms with Gasteiger partial charge in [0.05, 0.1) is 13.2 Å². The van der Waals surface area contributed by atoms with E-state index in [4.69, 9.17) is 19.7 Å². The summed E-state index contributed by atoms with van der Waals surface area (Å²) in [5.74, 6) is 0.742. The molecular weight excluding hydrogens is 904 g/mol. The van der Waals surface area contributed by atoms with E-state index in [1.54, 1.807) is 0 Å². The Kier molecular flexibility index (Phi) is 20.5. The molecule has 6 unspecified atom stereocenters. The van der Waals surface area contributed by atoms with E-state index >= 15 is 0 Å². The molecule has 8 saturated carbocycles. The number of carboxylic acids is 1. The number of fused-ring (bicyclic) bond motifs is 10. The van der Waals surface area contributed by atoms with Crippen molar-refractivity contribution >= 4 is 41.0 Å². The number of rotatable bonds is 11. The summed E-state index contributed by atoms with van der Waals surface area (Å²) in [7, 11) is 2.42. The number of ketones is 4. The van der Waals surface area contributed by atoms with Crippen LogP contribution < -0.4 is 29.6 Å². The Bertz CT molecular complexity index is 1920. The van der Waals surface area contributed by atoms with Gasteiger partial charge < -0.3 is 30.3 Å². The van der Waals surface area contributed by atoms with Gasteiger partial charge in [-0.2, -0.15) is 0 Å². The van der Waals surface area contributed by atoms with Crippen molar-refractivity contribution in [2.45, 2.75) is 190 Å². The Balaban J connectivity index is 0.000000288. The molecule has 0 aliphatic heterocycles. The molecule has 0 saturated heterocycles. The number of aliphatic hydroxyl groups excluding tert-OH is 2. The smallest absolute Gasteiger partial charge is 0.870 e. The normalized spacial score (nSPS) is 43.1. The topological polar surface area (TPSA) is 229 Å². The molecule has 70 heavy (non-hydrogen) atoms. The molecule has 0 amide bonds. The first-order chi connectivity index (χ1) is 32.0. The molecule has 8 fully saturated rings. The Morgan fingerprint density at radius 2 is 1.09 bits per heavy atom. The van der Waals surface area contributed by atoms with E-state index in [9.17, 15) is 38.7 Å². The number of hydrogen-bond acceptors (Lipinski definition) is 12. The molecule has 8 rings (SSSR count). The summed E-state index contributed by atoms with van der Waals surface area (Å²) in [5, 5.41) is 26.5. The first-order valence-electron chi connectivity index (χ1n) is 26.7. The standard InChI is InChI=1S/C29H44O6.C26H40O5.CH4O.Na.H2O/c1-7-19-22-14-18(35-17(3)30)12-13-28(22,4)26-23(31)15-29(5)20(16(2)8-11-24(32)34-6)9-10-21(29)25(26)27(19)33;1-5-16-19-12-15(27)10-11-25(19,3)23-20(28)13-26(4)17(14(2)6-9-21(29)30)7-8-18(26)22(23)24(16)31;1-2;;/h16,18-22,25-26H,7-15H2,1-6H3;14-19,22-23,27H,5-13H2,1-4H3,(H,29,30);2H,1H3;;1H2/q;;;+1;/p-1/t16-,18-,19-,20-,21?,22+,25?,26?,28+,29-;14-,15-,16-,17-,18?,19+,22?,23?,25+,26-;;;/m11.../s1. The minimum absolute atomic E-state index is 0. The van der Waals surface area contributed by atoms with Crippen molar-refractivity contribution in [3.8, 4) is 0 Å². The number of carboxylic acid groups (broad SMARTS) is 1. The van der Waals surface area contributed by atoms with Crippen LogP contribution in [0.1, 0.15) is 178 Å². The quantitative estimate of drug-likeness (QED) is 0.157. The van der Waals surface area contributed by atoms with Crippen molar-refractivity contribution in [3.05, 3.63) is 0 Å². The van der Waals surface area contributed by atoms with Gasteiger partial charge in [0.2, 0.25) is 0 Å². The average molecular weight is 993 g/mol. The summed E-state index contributed by atoms with van der Waals surface area (Å²) in [6.07, 6.45) is 12.5. The fourth-order valence-electron chi connectivity index (χ4n) is 18.4. The van der Waals surface area contributed by atoms with Crippen molar-refractivity contribution in [1.82, 2.24) is 0 Å². The number of aliphatic hydroxyl groups is 2. The maximum atomic E-state index is 14.2. The number of aliphatic carboxylic acids is 1. The van der Waals surface area contributed by atoms with Crippen LogP contribution in [-0.4, -0.2) is 88.3 Å². The zero-order chi connectivity index (χ0) is 50.4. The molecule has 8 aliphatic rings. The first-order valence-corrected chi connectivity index (χ1v) is 26.7. The maximum Gasteiger partial charge on any atom is 1.00 e. The van der Waals surface area contributed by atoms with Crippen LogP contribution in [0.3, 0.4) is 0 Å². The molecule has 0 heterocycles. The third-order valence-electron chi connectivity index (χ3n) is 21.3. The van der Waals surface area contributed by atoms with E-state index in [1.165, 1.54) is 14.0 Å². The van der Waals surface area contributed by atoms with Crippen molar-refractivity contribution in [1.29, 1.82) is 0 Å². The molecule has 8 aliphatic carbocycles. The third kappa shape index (κ3) is 10.6. The third-order valence-corrected chi connectivity index (χ3v) is 21.3. The molecule has 0 bridgehead atoms. The monoisotopic (exact) mass is 993 g/mol. The number of carbonyl (C=O) groups is 7. The number of ether oxygens (including phenoxy) is 2. The van der Waals surface area contributed by atoms with Crippen molar-refractivity contribution in [2.75, 3.05) is 14.2 Å². The van der Waals surface area contributed by atoms with Crippen LogP contribution in [0.5, 0.6) is 0 Å². The van der Waals surface area contributed by atoms with Gasteiger partial charge in [-0.1, -0.05) is 55.4 Å². The zero-order valence-corrected chi connectivity index (χ0v) is 46.9. The number of Topliss-reactive ketones (excluding diaryl/α,β-unsaturated/α-hetero) is 4. The van der Waals surface area contributed by atoms with Crippen molar-refractivity contribution in [3.63, 3.8) is 0 Å². The molecule has 4 N–H and O–H groups in total. The molecular formula is C56H89NaO13. The van der Waals surface area contributed by atoms with Crippen LogP contribution in [0.25, 0.3) is 0 Å². The molecule has 14 heteroatoms. The fourth-order valence-corrected chi connectivity index (χ4v) is 18.4. The van der Waals surface area contributed by atoms with Gasteiger partial charge in [0.1, 0.15) is 29.2 Å². The van der Waals surface area contributed by atoms with Gasteiger partial charge in [-0.15, -0.1) is 0 Å². The maximum absolute atomic E-state index is 14.2. The van der Waals surface area contributed by atoms with E-state index in [1.807, 2.05) is 0 Å². The number of carbonyl (C=O) groups excluding carboxylic acids is 6. The number of esters is 2. The summed E-state index contributed by atoms with van der Waals surface area (Å²) in [4.78, 5) is 90.3. The van der Waals surface area contributed by atoms with Crippen LogP contribution in [0.4, 0.5) is 0 Å². The predicted octanol–water partition coefficient (Wildman–Crippen LogP) is 6.10. The SMILES string of the molecule is CC[C@H]1C(=O)C2C3CC[C@H]([C@H](C)CCC(=O)O)[C@@]3(C)CC(=O)C2[C@@]2(C)CC[C@@H](O)C[C@@H]12.CC[C@H]1C(=O)C2C3CC[C@H]([C@H](C)CCC(=O)OC)[C@@]3(C)CC(=O)C2[C@@]2(C)CC[C@@H](OC(C)=O)C[C@@H]12.CO.[Na+].[OH-]. The summed E-state index contributed by atoms with van der Waals surface area (Å²) >= 11 is 0. The Labute approximate surface area is 440 Å². The molecule has 0 spiro atoms. The fraction of sp³-hybridized carbons (Fsp3) is 0.875. The van der Waals surface area contributed by atoms with Crippen LogP contribution >= 0.6 is 0 Å². The van der Waals surface area contributed by atoms with Gasteiger partial charge in [-0.3, -0.25) is 33.6 Å². The minimum atomic E-state index is -0.766. The Morgan fingerprint density at radius 1 is 0.657 bits per heavy atom. The van der Waals surface area contributed by atoms with Crippen LogP contribution in [-0.2, 0) is 43.0 Å². The summed E-state index contributed by atoms with van der Waals surface area (Å²) in [5.41, 5.74) is -0.811. The molecule has 0 radical (unpaired) electrons. The average Bonchev–Trinajstić information content (AvgIpc) is 3.82. The van der Waals surface area contributed by atoms with Crippen LogP contribution in [0, 0.1) is 105 Å². The Morgan fingerprint density at radius 3 is 1.50 bits per heavy atom. The largest absolute Gasteiger partial charge is 1.00 e. The molecule has 0 aromatic carbocycles. The van der Waals surface area contributed by atoms with E-state index < -0.39 is 5.97 Å². The van der Waals surface area contributed by atoms with Gasteiger partial charge in [0.25, 0.3) is 0 Å². The van der Waals surface area contributed by atoms with E-state index in [2.05, 4.69) is 55.4 Å². The van der Waals surface area contributed by atoms with E-state index in [-0.39, 0.29) is 175 Å². The van der Waals surface area contributed by atoms with Gasteiger partial charge in [-0.25, -0.2) is 0 Å². The number of methoxy groups -OCH3 is 1. The molecule has 13 nitrogen and oxygen atoms in total. The summed E-state index contributed by atoms with van der Waals surface area (Å²) in [6, 6.07) is 0. The second kappa shape index (κ2) is 23.7. The Hall–Kier alpha value is -2.03. The molecule has 20 atom stereocenters. The van der Waals surface area contributed by atoms with Crippen LogP contribution in [0.15, 0.2) is 0 Å². The predicted molar refractivity (Wildman–Crippen MR) is 258 cm³/mol.